The minimum atomic E-state index is -0.221. The average molecular weight is 337 g/mol. The van der Waals surface area contributed by atoms with Gasteiger partial charge in [0.05, 0.1) is 6.10 Å². The Balaban J connectivity index is 3.31. The van der Waals surface area contributed by atoms with Crippen LogP contribution in [0.15, 0.2) is 36.5 Å². The molecule has 0 fully saturated rings. The Bertz CT molecular complexity index is 355. The first-order valence-electron chi connectivity index (χ1n) is 9.29. The highest BCUT2D eigenvalue weighted by molar-refractivity contribution is 7.80. The largest absolute Gasteiger partial charge is 0.393 e. The maximum atomic E-state index is 9.72. The van der Waals surface area contributed by atoms with Crippen LogP contribution in [0.2, 0.25) is 0 Å². The zero-order valence-corrected chi connectivity index (χ0v) is 16.0. The van der Waals surface area contributed by atoms with E-state index in [0.717, 1.165) is 37.0 Å². The molecule has 132 valence electrons. The second kappa shape index (κ2) is 17.6. The summed E-state index contributed by atoms with van der Waals surface area (Å²) in [7, 11) is 0. The molecule has 0 aliphatic rings. The fourth-order valence-electron chi connectivity index (χ4n) is 2.43. The van der Waals surface area contributed by atoms with Gasteiger partial charge in [0.15, 0.2) is 0 Å². The van der Waals surface area contributed by atoms with Gasteiger partial charge in [-0.2, -0.15) is 0 Å². The lowest BCUT2D eigenvalue weighted by Crippen LogP contribution is -2.09. The second-order valence-corrected chi connectivity index (χ2v) is 6.90. The van der Waals surface area contributed by atoms with E-state index in [1.807, 2.05) is 6.92 Å². The summed E-state index contributed by atoms with van der Waals surface area (Å²) in [4.78, 5) is 0.913. The topological polar surface area (TPSA) is 20.2 Å². The van der Waals surface area contributed by atoms with Crippen molar-refractivity contribution in [2.45, 2.75) is 90.6 Å². The van der Waals surface area contributed by atoms with Crippen molar-refractivity contribution in [2.24, 2.45) is 0 Å². The van der Waals surface area contributed by atoms with Crippen molar-refractivity contribution in [2.75, 3.05) is 0 Å². The number of rotatable bonds is 15. The van der Waals surface area contributed by atoms with Gasteiger partial charge in [-0.05, 0) is 50.3 Å². The van der Waals surface area contributed by atoms with Gasteiger partial charge in [0.1, 0.15) is 0 Å². The molecular formula is C21H36OS. The fourth-order valence-corrected chi connectivity index (χ4v) is 2.63. The van der Waals surface area contributed by atoms with Gasteiger partial charge in [0.25, 0.3) is 0 Å². The van der Waals surface area contributed by atoms with E-state index in [-0.39, 0.29) is 6.10 Å². The van der Waals surface area contributed by atoms with Gasteiger partial charge in [0.2, 0.25) is 0 Å². The third-order valence-corrected chi connectivity index (χ3v) is 3.88. The first-order chi connectivity index (χ1) is 11.2. The quantitative estimate of drug-likeness (QED) is 0.203. The molecule has 0 radical (unpaired) electrons. The molecule has 0 aromatic heterocycles. The summed E-state index contributed by atoms with van der Waals surface area (Å²) in [5.41, 5.74) is 0. The van der Waals surface area contributed by atoms with E-state index < -0.39 is 0 Å². The Morgan fingerprint density at radius 2 is 1.43 bits per heavy atom. The van der Waals surface area contributed by atoms with E-state index in [0.29, 0.717) is 6.42 Å². The first kappa shape index (κ1) is 22.3. The summed E-state index contributed by atoms with van der Waals surface area (Å²) in [6.45, 7) is 4.07. The molecular weight excluding hydrogens is 300 g/mol. The van der Waals surface area contributed by atoms with Gasteiger partial charge in [-0.15, -0.1) is 0 Å². The van der Waals surface area contributed by atoms with Gasteiger partial charge in [0, 0.05) is 6.42 Å². The lowest BCUT2D eigenvalue weighted by Gasteiger charge is -2.08. The lowest BCUT2D eigenvalue weighted by molar-refractivity contribution is 0.168. The Morgan fingerprint density at radius 1 is 0.870 bits per heavy atom. The first-order valence-corrected chi connectivity index (χ1v) is 9.70. The van der Waals surface area contributed by atoms with Crippen molar-refractivity contribution < 1.29 is 5.11 Å². The van der Waals surface area contributed by atoms with Crippen LogP contribution >= 0.6 is 12.2 Å². The van der Waals surface area contributed by atoms with Crippen molar-refractivity contribution in [3.63, 3.8) is 0 Å². The van der Waals surface area contributed by atoms with Crippen molar-refractivity contribution in [1.29, 1.82) is 0 Å². The number of aliphatic hydroxyl groups excluding tert-OH is 1. The molecule has 1 unspecified atom stereocenters. The maximum Gasteiger partial charge on any atom is 0.0585 e. The predicted molar refractivity (Wildman–Crippen MR) is 108 cm³/mol. The Morgan fingerprint density at radius 3 is 2.09 bits per heavy atom. The van der Waals surface area contributed by atoms with Gasteiger partial charge < -0.3 is 5.11 Å². The van der Waals surface area contributed by atoms with Crippen molar-refractivity contribution in [3.05, 3.63) is 36.5 Å². The Hall–Kier alpha value is -0.730. The lowest BCUT2D eigenvalue weighted by atomic mass is 10.0. The van der Waals surface area contributed by atoms with E-state index in [1.54, 1.807) is 0 Å². The molecule has 0 amide bonds. The Kier molecular flexibility index (Phi) is 17.1. The van der Waals surface area contributed by atoms with Crippen LogP contribution in [0, 0.1) is 0 Å². The Labute approximate surface area is 149 Å². The smallest absolute Gasteiger partial charge is 0.0585 e. The third kappa shape index (κ3) is 19.2. The van der Waals surface area contributed by atoms with Crippen LogP contribution in [-0.2, 0) is 0 Å². The molecule has 1 atom stereocenters. The molecule has 2 heteroatoms. The van der Waals surface area contributed by atoms with Crippen LogP contribution in [0.3, 0.4) is 0 Å². The predicted octanol–water partition coefficient (Wildman–Crippen LogP) is 6.72. The van der Waals surface area contributed by atoms with E-state index >= 15 is 0 Å². The van der Waals surface area contributed by atoms with Gasteiger partial charge >= 0.3 is 0 Å². The number of hydrogen-bond donors (Lipinski definition) is 1. The number of allylic oxidation sites excluding steroid dienone is 6. The zero-order chi connectivity index (χ0) is 17.2. The number of thiocarbonyl (C=S) groups is 1. The van der Waals surface area contributed by atoms with Gasteiger partial charge in [-0.3, -0.25) is 0 Å². The van der Waals surface area contributed by atoms with Gasteiger partial charge in [-0.25, -0.2) is 0 Å². The summed E-state index contributed by atoms with van der Waals surface area (Å²) in [5, 5.41) is 9.72. The highest BCUT2D eigenvalue weighted by Gasteiger charge is 2.04. The molecule has 1 nitrogen and oxygen atoms in total. The summed E-state index contributed by atoms with van der Waals surface area (Å²) in [6.07, 6.45) is 25.5. The molecule has 0 saturated heterocycles. The van der Waals surface area contributed by atoms with Crippen molar-refractivity contribution in [3.8, 4) is 0 Å². The number of hydrogen-bond acceptors (Lipinski definition) is 2. The summed E-state index contributed by atoms with van der Waals surface area (Å²) < 4.78 is 0. The molecule has 0 rings (SSSR count). The molecule has 0 aliphatic heterocycles. The molecule has 0 saturated carbocycles. The van der Waals surface area contributed by atoms with E-state index in [2.05, 4.69) is 43.4 Å². The zero-order valence-electron chi connectivity index (χ0n) is 15.2. The number of aliphatic hydroxyl groups is 1. The van der Waals surface area contributed by atoms with E-state index in [4.69, 9.17) is 12.2 Å². The highest BCUT2D eigenvalue weighted by Crippen LogP contribution is 2.11. The fraction of sp³-hybridized carbons (Fsp3) is 0.667. The molecule has 0 aromatic rings. The van der Waals surface area contributed by atoms with E-state index in [9.17, 15) is 5.11 Å². The monoisotopic (exact) mass is 336 g/mol. The minimum absolute atomic E-state index is 0.221. The second-order valence-electron chi connectivity index (χ2n) is 6.20. The van der Waals surface area contributed by atoms with Crippen LogP contribution in [0.25, 0.3) is 0 Å². The summed E-state index contributed by atoms with van der Waals surface area (Å²) in [6, 6.07) is 0. The van der Waals surface area contributed by atoms with Crippen molar-refractivity contribution >= 4 is 17.1 Å². The summed E-state index contributed by atoms with van der Waals surface area (Å²) >= 11 is 5.01. The van der Waals surface area contributed by atoms with E-state index in [1.165, 1.54) is 32.1 Å². The highest BCUT2D eigenvalue weighted by atomic mass is 32.1. The van der Waals surface area contributed by atoms with Crippen molar-refractivity contribution in [1.82, 2.24) is 0 Å². The van der Waals surface area contributed by atoms with Crippen LogP contribution in [0.1, 0.15) is 84.5 Å². The maximum absolute atomic E-state index is 9.72. The molecule has 0 bridgehead atoms. The number of unbranched alkanes of at least 4 members (excludes halogenated alkanes) is 5. The SMILES string of the molecule is CCC=CCC=CCC=CCCCCCCCC(O)CC(C)=S. The average Bonchev–Trinajstić information content (AvgIpc) is 2.50. The molecule has 1 N–H and O–H groups in total. The standard InChI is InChI=1S/C21H36OS/c1-3-4-5-6-7-8-9-10-11-12-13-14-15-16-17-18-21(22)19-20(2)23/h4-5,7-8,10-11,21-22H,3,6,9,12-19H2,1-2H3. The van der Waals surface area contributed by atoms with Gasteiger partial charge in [-0.1, -0.05) is 81.3 Å². The van der Waals surface area contributed by atoms with Crippen LogP contribution in [-0.4, -0.2) is 16.1 Å². The molecule has 0 spiro atoms. The summed E-state index contributed by atoms with van der Waals surface area (Å²) in [5.74, 6) is 0. The normalized spacial score (nSPS) is 13.5. The molecule has 0 aliphatic carbocycles. The molecule has 0 heterocycles. The third-order valence-electron chi connectivity index (χ3n) is 3.71. The molecule has 0 aromatic carbocycles. The van der Waals surface area contributed by atoms with Crippen LogP contribution in [0.4, 0.5) is 0 Å². The van der Waals surface area contributed by atoms with Crippen LogP contribution < -0.4 is 0 Å². The minimum Gasteiger partial charge on any atom is -0.393 e. The molecule has 23 heavy (non-hydrogen) atoms. The van der Waals surface area contributed by atoms with Crippen LogP contribution in [0.5, 0.6) is 0 Å².